The number of amides is 2. The molecule has 0 saturated carbocycles. The highest BCUT2D eigenvalue weighted by Gasteiger charge is 2.42. The second kappa shape index (κ2) is 9.62. The van der Waals surface area contributed by atoms with E-state index in [-0.39, 0.29) is 11.8 Å². The molecule has 0 spiro atoms. The van der Waals surface area contributed by atoms with Crippen molar-refractivity contribution in [3.05, 3.63) is 119 Å². The van der Waals surface area contributed by atoms with Crippen molar-refractivity contribution in [2.24, 2.45) is 0 Å². The fraction of sp³-hybridized carbons (Fsp3) is 0.138. The summed E-state index contributed by atoms with van der Waals surface area (Å²) in [5, 5.41) is 5.80. The fourth-order valence-corrected chi connectivity index (χ4v) is 4.51. The first-order valence-electron chi connectivity index (χ1n) is 11.6. The molecule has 1 atom stereocenters. The van der Waals surface area contributed by atoms with E-state index in [2.05, 4.69) is 15.6 Å². The van der Waals surface area contributed by atoms with Crippen molar-refractivity contribution >= 4 is 11.8 Å². The van der Waals surface area contributed by atoms with Crippen molar-refractivity contribution in [2.75, 3.05) is 13.7 Å². The first-order chi connectivity index (χ1) is 17.5. The number of hydrogen-bond acceptors (Lipinski definition) is 4. The first-order valence-corrected chi connectivity index (χ1v) is 11.6. The SMILES string of the molecule is CNC(=O)c1ccc(-c2ccc(C3(NC(=O)c4ccc(F)cc4)CCOc4cccnc43)cc2)cc1. The Labute approximate surface area is 208 Å². The summed E-state index contributed by atoms with van der Waals surface area (Å²) in [6, 6.07) is 24.3. The predicted octanol–water partition coefficient (Wildman–Crippen LogP) is 4.70. The standard InChI is InChI=1S/C29H24FN3O3/c1-31-27(34)21-6-4-19(5-7-21)20-8-12-23(13-9-20)29(16-18-36-25-3-2-17-32-26(25)29)33-28(35)22-10-14-24(30)15-11-22/h2-15,17H,16,18H2,1H3,(H,31,34)(H,33,35). The summed E-state index contributed by atoms with van der Waals surface area (Å²) < 4.78 is 19.3. The van der Waals surface area contributed by atoms with Gasteiger partial charge >= 0.3 is 0 Å². The molecule has 1 aromatic heterocycles. The van der Waals surface area contributed by atoms with E-state index in [1.807, 2.05) is 42.5 Å². The molecule has 180 valence electrons. The number of nitrogens with zero attached hydrogens (tertiary/aromatic N) is 1. The molecule has 0 aliphatic carbocycles. The van der Waals surface area contributed by atoms with Crippen LogP contribution < -0.4 is 15.4 Å². The maximum Gasteiger partial charge on any atom is 0.252 e. The lowest BCUT2D eigenvalue weighted by atomic mass is 9.80. The van der Waals surface area contributed by atoms with Crippen LogP contribution in [0.1, 0.15) is 38.4 Å². The third-order valence-electron chi connectivity index (χ3n) is 6.43. The zero-order valence-corrected chi connectivity index (χ0v) is 19.6. The number of carbonyl (C=O) groups excluding carboxylic acids is 2. The normalized spacial score (nSPS) is 16.4. The van der Waals surface area contributed by atoms with E-state index in [0.29, 0.717) is 35.6 Å². The Morgan fingerprint density at radius 3 is 2.14 bits per heavy atom. The number of nitrogens with one attached hydrogen (secondary N) is 2. The molecule has 1 aliphatic heterocycles. The van der Waals surface area contributed by atoms with Crippen molar-refractivity contribution in [2.45, 2.75) is 12.0 Å². The third kappa shape index (κ3) is 4.31. The van der Waals surface area contributed by atoms with Crippen LogP contribution in [0.2, 0.25) is 0 Å². The molecule has 1 aliphatic rings. The minimum atomic E-state index is -0.929. The van der Waals surface area contributed by atoms with Gasteiger partial charge in [0, 0.05) is 30.8 Å². The van der Waals surface area contributed by atoms with Gasteiger partial charge in [0.1, 0.15) is 22.8 Å². The van der Waals surface area contributed by atoms with Crippen LogP contribution in [-0.2, 0) is 5.54 Å². The van der Waals surface area contributed by atoms with Crippen molar-refractivity contribution in [3.63, 3.8) is 0 Å². The quantitative estimate of drug-likeness (QED) is 0.433. The zero-order valence-electron chi connectivity index (χ0n) is 19.6. The third-order valence-corrected chi connectivity index (χ3v) is 6.43. The Hall–Kier alpha value is -4.52. The summed E-state index contributed by atoms with van der Waals surface area (Å²) in [7, 11) is 1.60. The van der Waals surface area contributed by atoms with Gasteiger partial charge in [-0.15, -0.1) is 0 Å². The summed E-state index contributed by atoms with van der Waals surface area (Å²) >= 11 is 0. The average molecular weight is 482 g/mol. The highest BCUT2D eigenvalue weighted by molar-refractivity contribution is 5.95. The summed E-state index contributed by atoms with van der Waals surface area (Å²) in [5.74, 6) is -0.265. The van der Waals surface area contributed by atoms with Crippen molar-refractivity contribution < 1.29 is 18.7 Å². The van der Waals surface area contributed by atoms with E-state index in [4.69, 9.17) is 4.74 Å². The molecular weight excluding hydrogens is 457 g/mol. The average Bonchev–Trinajstić information content (AvgIpc) is 2.93. The van der Waals surface area contributed by atoms with Crippen LogP contribution >= 0.6 is 0 Å². The molecule has 0 radical (unpaired) electrons. The zero-order chi connectivity index (χ0) is 25.1. The number of aromatic nitrogens is 1. The Kier molecular flexibility index (Phi) is 6.21. The second-order valence-electron chi connectivity index (χ2n) is 8.55. The maximum atomic E-state index is 13.4. The molecule has 4 aromatic rings. The molecule has 36 heavy (non-hydrogen) atoms. The number of carbonyl (C=O) groups is 2. The molecule has 3 aromatic carbocycles. The smallest absolute Gasteiger partial charge is 0.252 e. The van der Waals surface area contributed by atoms with Gasteiger partial charge in [0.25, 0.3) is 11.8 Å². The second-order valence-corrected chi connectivity index (χ2v) is 8.55. The van der Waals surface area contributed by atoms with Gasteiger partial charge in [0.15, 0.2) is 0 Å². The van der Waals surface area contributed by atoms with Crippen molar-refractivity contribution in [1.82, 2.24) is 15.6 Å². The van der Waals surface area contributed by atoms with Gasteiger partial charge in [-0.1, -0.05) is 36.4 Å². The minimum absolute atomic E-state index is 0.138. The Morgan fingerprint density at radius 1 is 0.861 bits per heavy atom. The van der Waals surface area contributed by atoms with Crippen LogP contribution in [0.15, 0.2) is 91.1 Å². The van der Waals surface area contributed by atoms with E-state index < -0.39 is 11.4 Å². The molecule has 6 nitrogen and oxygen atoms in total. The lowest BCUT2D eigenvalue weighted by molar-refractivity contribution is 0.0883. The number of ether oxygens (including phenoxy) is 1. The molecule has 0 fully saturated rings. The van der Waals surface area contributed by atoms with Gasteiger partial charge < -0.3 is 15.4 Å². The molecule has 2 N–H and O–H groups in total. The highest BCUT2D eigenvalue weighted by Crippen LogP contribution is 2.41. The van der Waals surface area contributed by atoms with Gasteiger partial charge in [-0.05, 0) is 65.2 Å². The Balaban J connectivity index is 1.52. The largest absolute Gasteiger partial charge is 0.491 e. The van der Waals surface area contributed by atoms with E-state index in [9.17, 15) is 14.0 Å². The van der Waals surface area contributed by atoms with Crippen LogP contribution in [-0.4, -0.2) is 30.5 Å². The van der Waals surface area contributed by atoms with Crippen LogP contribution in [0.25, 0.3) is 11.1 Å². The molecule has 2 amide bonds. The molecule has 1 unspecified atom stereocenters. The highest BCUT2D eigenvalue weighted by atomic mass is 19.1. The molecule has 0 saturated heterocycles. The summed E-state index contributed by atoms with van der Waals surface area (Å²) in [4.78, 5) is 29.7. The topological polar surface area (TPSA) is 80.3 Å². The minimum Gasteiger partial charge on any atom is -0.491 e. The van der Waals surface area contributed by atoms with Gasteiger partial charge in [0.2, 0.25) is 0 Å². The van der Waals surface area contributed by atoms with E-state index >= 15 is 0 Å². The first kappa shape index (κ1) is 23.2. The number of halogens is 1. The molecule has 0 bridgehead atoms. The lowest BCUT2D eigenvalue weighted by Gasteiger charge is -2.39. The summed E-state index contributed by atoms with van der Waals surface area (Å²) in [6.45, 7) is 0.394. The van der Waals surface area contributed by atoms with Crippen LogP contribution in [0, 0.1) is 5.82 Å². The lowest BCUT2D eigenvalue weighted by Crippen LogP contribution is -2.50. The predicted molar refractivity (Wildman–Crippen MR) is 134 cm³/mol. The molecule has 5 rings (SSSR count). The van der Waals surface area contributed by atoms with Crippen molar-refractivity contribution in [1.29, 1.82) is 0 Å². The Morgan fingerprint density at radius 2 is 1.47 bits per heavy atom. The number of rotatable bonds is 5. The van der Waals surface area contributed by atoms with Crippen LogP contribution in [0.3, 0.4) is 0 Å². The molecule has 2 heterocycles. The van der Waals surface area contributed by atoms with E-state index in [1.165, 1.54) is 24.3 Å². The number of fused-ring (bicyclic) bond motifs is 1. The monoisotopic (exact) mass is 481 g/mol. The number of pyridine rings is 1. The van der Waals surface area contributed by atoms with Crippen LogP contribution in [0.5, 0.6) is 5.75 Å². The maximum absolute atomic E-state index is 13.4. The van der Waals surface area contributed by atoms with Crippen molar-refractivity contribution in [3.8, 4) is 16.9 Å². The van der Waals surface area contributed by atoms with Gasteiger partial charge in [-0.25, -0.2) is 4.39 Å². The number of hydrogen-bond donors (Lipinski definition) is 2. The van der Waals surface area contributed by atoms with Gasteiger partial charge in [0.05, 0.1) is 6.61 Å². The van der Waals surface area contributed by atoms with E-state index in [1.54, 1.807) is 31.4 Å². The molecular formula is C29H24FN3O3. The van der Waals surface area contributed by atoms with Gasteiger partial charge in [-0.2, -0.15) is 0 Å². The van der Waals surface area contributed by atoms with Gasteiger partial charge in [-0.3, -0.25) is 14.6 Å². The number of benzene rings is 3. The fourth-order valence-electron chi connectivity index (χ4n) is 4.51. The van der Waals surface area contributed by atoms with Crippen LogP contribution in [0.4, 0.5) is 4.39 Å². The summed E-state index contributed by atoms with van der Waals surface area (Å²) in [5.41, 5.74) is 3.42. The molecule has 7 heteroatoms. The Bertz CT molecular complexity index is 1400. The van der Waals surface area contributed by atoms with E-state index in [0.717, 1.165) is 16.7 Å². The summed E-state index contributed by atoms with van der Waals surface area (Å²) in [6.07, 6.45) is 2.15.